The van der Waals surface area contributed by atoms with Gasteiger partial charge in [-0.05, 0) is 38.8 Å². The van der Waals surface area contributed by atoms with Crippen LogP contribution in [0.1, 0.15) is 32.8 Å². The lowest BCUT2D eigenvalue weighted by Gasteiger charge is -2.26. The number of carbonyl (C=O) groups is 2. The van der Waals surface area contributed by atoms with Gasteiger partial charge >= 0.3 is 16.2 Å². The van der Waals surface area contributed by atoms with E-state index in [9.17, 15) is 26.8 Å². The zero-order chi connectivity index (χ0) is 22.7. The first-order valence-corrected chi connectivity index (χ1v) is 11.2. The van der Waals surface area contributed by atoms with Crippen molar-refractivity contribution in [3.05, 3.63) is 29.6 Å². The number of likely N-dealkylation sites (tertiary alicyclic amines) is 1. The van der Waals surface area contributed by atoms with Crippen molar-refractivity contribution in [2.24, 2.45) is 0 Å². The Morgan fingerprint density at radius 2 is 2.00 bits per heavy atom. The summed E-state index contributed by atoms with van der Waals surface area (Å²) in [7, 11) is -3.83. The van der Waals surface area contributed by atoms with Crippen LogP contribution in [0.15, 0.2) is 18.2 Å². The minimum absolute atomic E-state index is 0.0428. The number of amides is 2. The fourth-order valence-corrected chi connectivity index (χ4v) is 3.38. The molecule has 1 fully saturated rings. The number of hydrogen-bond acceptors (Lipinski definition) is 6. The number of rotatable bonds is 6. The number of nitrogens with zero attached hydrogens (tertiary/aromatic N) is 1. The van der Waals surface area contributed by atoms with E-state index in [1.807, 2.05) is 0 Å². The zero-order valence-electron chi connectivity index (χ0n) is 17.3. The van der Waals surface area contributed by atoms with Gasteiger partial charge in [-0.3, -0.25) is 4.79 Å². The average molecular weight is 448 g/mol. The molecule has 11 heteroatoms. The molecule has 1 heterocycles. The number of benzene rings is 1. The van der Waals surface area contributed by atoms with Crippen molar-refractivity contribution in [2.75, 3.05) is 19.3 Å². The number of alkyl halides is 1. The van der Waals surface area contributed by atoms with Crippen LogP contribution in [-0.2, 0) is 26.1 Å². The Hall–Kier alpha value is -2.43. The topological polar surface area (TPSA) is 102 Å². The molecule has 2 atom stereocenters. The van der Waals surface area contributed by atoms with Crippen molar-refractivity contribution in [2.45, 2.75) is 51.4 Å². The second-order valence-corrected chi connectivity index (χ2v) is 9.69. The number of nitrogens with one attached hydrogen (secondary N) is 1. The van der Waals surface area contributed by atoms with Crippen LogP contribution < -0.4 is 9.50 Å². The molecular formula is C19H26F2N2O6S. The van der Waals surface area contributed by atoms with Gasteiger partial charge in [0.2, 0.25) is 5.91 Å². The predicted molar refractivity (Wildman–Crippen MR) is 105 cm³/mol. The lowest BCUT2D eigenvalue weighted by Crippen LogP contribution is -2.50. The van der Waals surface area contributed by atoms with Gasteiger partial charge in [0.25, 0.3) is 0 Å². The Kier molecular flexibility index (Phi) is 7.27. The fraction of sp³-hybridized carbons (Fsp3) is 0.579. The summed E-state index contributed by atoms with van der Waals surface area (Å²) in [6.07, 6.45) is -1.24. The Balaban J connectivity index is 2.21. The highest BCUT2D eigenvalue weighted by Crippen LogP contribution is 2.21. The molecule has 168 valence electrons. The van der Waals surface area contributed by atoms with Crippen molar-refractivity contribution in [3.8, 4) is 5.75 Å². The van der Waals surface area contributed by atoms with Crippen molar-refractivity contribution in [1.29, 1.82) is 0 Å². The molecule has 0 bridgehead atoms. The first-order chi connectivity index (χ1) is 13.7. The monoisotopic (exact) mass is 448 g/mol. The number of alkyl carbamates (subject to hydrolysis) is 1. The third-order valence-electron chi connectivity index (χ3n) is 4.13. The summed E-state index contributed by atoms with van der Waals surface area (Å²) < 4.78 is 60.2. The third-order valence-corrected chi connectivity index (χ3v) is 4.62. The van der Waals surface area contributed by atoms with Gasteiger partial charge in [-0.25, -0.2) is 13.6 Å². The molecule has 1 saturated heterocycles. The van der Waals surface area contributed by atoms with Crippen molar-refractivity contribution in [3.63, 3.8) is 0 Å². The molecule has 0 spiro atoms. The van der Waals surface area contributed by atoms with Crippen LogP contribution in [0.4, 0.5) is 13.6 Å². The number of halogens is 2. The molecule has 2 rings (SSSR count). The van der Waals surface area contributed by atoms with E-state index in [0.717, 1.165) is 12.3 Å². The van der Waals surface area contributed by atoms with E-state index in [2.05, 4.69) is 9.50 Å². The first-order valence-electron chi connectivity index (χ1n) is 9.34. The molecule has 30 heavy (non-hydrogen) atoms. The van der Waals surface area contributed by atoms with Crippen molar-refractivity contribution >= 4 is 22.1 Å². The summed E-state index contributed by atoms with van der Waals surface area (Å²) in [6.45, 7) is 5.04. The molecule has 0 saturated carbocycles. The SMILES string of the molecule is CC(C)(C)OC(=O)NC(Cc1ccc(OS(C)(=O)=O)cc1F)C(=O)N1CC[C@H](F)C1. The lowest BCUT2D eigenvalue weighted by atomic mass is 10.0. The standard InChI is InChI=1S/C19H26F2N2O6S/c1-19(2,3)28-18(25)22-16(17(24)23-8-7-13(20)11-23)9-12-5-6-14(10-15(12)21)29-30(4,26)27/h5-6,10,13,16H,7-9,11H2,1-4H3,(H,22,25)/t13-,16?/m0/s1. The number of hydrogen-bond donors (Lipinski definition) is 1. The van der Waals surface area contributed by atoms with E-state index in [1.165, 1.54) is 17.0 Å². The van der Waals surface area contributed by atoms with E-state index in [-0.39, 0.29) is 37.2 Å². The van der Waals surface area contributed by atoms with Gasteiger partial charge < -0.3 is 19.1 Å². The normalized spacial score (nSPS) is 18.1. The molecule has 1 aromatic rings. The smallest absolute Gasteiger partial charge is 0.408 e. The van der Waals surface area contributed by atoms with Crippen LogP contribution in [0.25, 0.3) is 0 Å². The third kappa shape index (κ3) is 7.43. The van der Waals surface area contributed by atoms with Crippen LogP contribution in [0, 0.1) is 5.82 Å². The fourth-order valence-electron chi connectivity index (χ4n) is 2.93. The molecule has 1 aliphatic heterocycles. The van der Waals surface area contributed by atoms with E-state index >= 15 is 0 Å². The first kappa shape index (κ1) is 23.8. The minimum atomic E-state index is -3.83. The molecule has 0 aliphatic carbocycles. The highest BCUT2D eigenvalue weighted by molar-refractivity contribution is 7.86. The molecule has 1 unspecified atom stereocenters. The van der Waals surface area contributed by atoms with E-state index < -0.39 is 45.8 Å². The van der Waals surface area contributed by atoms with E-state index in [4.69, 9.17) is 4.74 Å². The Labute approximate surface area is 174 Å². The summed E-state index contributed by atoms with van der Waals surface area (Å²) >= 11 is 0. The summed E-state index contributed by atoms with van der Waals surface area (Å²) in [6, 6.07) is 2.18. The molecule has 2 amide bonds. The van der Waals surface area contributed by atoms with Gasteiger partial charge in [0.05, 0.1) is 12.8 Å². The molecule has 1 N–H and O–H groups in total. The van der Waals surface area contributed by atoms with Crippen LogP contribution >= 0.6 is 0 Å². The van der Waals surface area contributed by atoms with Crippen molar-refractivity contribution in [1.82, 2.24) is 10.2 Å². The second kappa shape index (κ2) is 9.15. The Morgan fingerprint density at radius 3 is 2.50 bits per heavy atom. The second-order valence-electron chi connectivity index (χ2n) is 8.11. The van der Waals surface area contributed by atoms with Crippen LogP contribution in [0.2, 0.25) is 0 Å². The molecule has 0 aromatic heterocycles. The van der Waals surface area contributed by atoms with E-state index in [0.29, 0.717) is 0 Å². The highest BCUT2D eigenvalue weighted by atomic mass is 32.2. The van der Waals surface area contributed by atoms with Gasteiger partial charge in [0.1, 0.15) is 29.4 Å². The maximum atomic E-state index is 14.5. The van der Waals surface area contributed by atoms with Crippen LogP contribution in [0.3, 0.4) is 0 Å². The number of carbonyl (C=O) groups excluding carboxylic acids is 2. The largest absolute Gasteiger partial charge is 0.444 e. The van der Waals surface area contributed by atoms with Crippen LogP contribution in [-0.4, -0.2) is 62.5 Å². The summed E-state index contributed by atoms with van der Waals surface area (Å²) in [5.74, 6) is -1.59. The molecule has 1 aliphatic rings. The maximum Gasteiger partial charge on any atom is 0.408 e. The van der Waals surface area contributed by atoms with Gasteiger partial charge in [-0.1, -0.05) is 6.07 Å². The molecule has 1 aromatic carbocycles. The molecular weight excluding hydrogens is 422 g/mol. The van der Waals surface area contributed by atoms with Crippen molar-refractivity contribution < 1.29 is 35.7 Å². The van der Waals surface area contributed by atoms with Gasteiger partial charge in [0.15, 0.2) is 0 Å². The number of ether oxygens (including phenoxy) is 1. The maximum absolute atomic E-state index is 14.5. The highest BCUT2D eigenvalue weighted by Gasteiger charge is 2.33. The molecule has 8 nitrogen and oxygen atoms in total. The zero-order valence-corrected chi connectivity index (χ0v) is 18.1. The lowest BCUT2D eigenvalue weighted by molar-refractivity contribution is -0.132. The summed E-state index contributed by atoms with van der Waals surface area (Å²) in [5, 5.41) is 2.43. The summed E-state index contributed by atoms with van der Waals surface area (Å²) in [5.41, 5.74) is -0.771. The van der Waals surface area contributed by atoms with E-state index in [1.54, 1.807) is 20.8 Å². The Bertz CT molecular complexity index is 901. The van der Waals surface area contributed by atoms with Gasteiger partial charge in [0, 0.05) is 19.0 Å². The van der Waals surface area contributed by atoms with Gasteiger partial charge in [-0.2, -0.15) is 8.42 Å². The quantitative estimate of drug-likeness (QED) is 0.670. The molecule has 0 radical (unpaired) electrons. The van der Waals surface area contributed by atoms with Crippen LogP contribution in [0.5, 0.6) is 5.75 Å². The average Bonchev–Trinajstić information content (AvgIpc) is 2.99. The summed E-state index contributed by atoms with van der Waals surface area (Å²) in [4.78, 5) is 26.3. The Morgan fingerprint density at radius 1 is 1.33 bits per heavy atom. The predicted octanol–water partition coefficient (Wildman–Crippen LogP) is 2.17. The van der Waals surface area contributed by atoms with Gasteiger partial charge in [-0.15, -0.1) is 0 Å². The minimum Gasteiger partial charge on any atom is -0.444 e.